The minimum absolute atomic E-state index is 0.0302. The second kappa shape index (κ2) is 8.61. The van der Waals surface area contributed by atoms with Crippen molar-refractivity contribution in [2.45, 2.75) is 31.3 Å². The van der Waals surface area contributed by atoms with Gasteiger partial charge in [0.05, 0.1) is 15.5 Å². The molecule has 0 heterocycles. The Kier molecular flexibility index (Phi) is 6.92. The maximum Gasteiger partial charge on any atom is 0.255 e. The molecule has 0 bridgehead atoms. The predicted octanol–water partition coefficient (Wildman–Crippen LogP) is 4.29. The molecule has 8 heteroatoms. The van der Waals surface area contributed by atoms with E-state index in [1.807, 2.05) is 6.07 Å². The summed E-state index contributed by atoms with van der Waals surface area (Å²) < 4.78 is 26.7. The summed E-state index contributed by atoms with van der Waals surface area (Å²) >= 11 is 12.2. The molecule has 0 saturated heterocycles. The highest BCUT2D eigenvalue weighted by Crippen LogP contribution is 2.25. The van der Waals surface area contributed by atoms with Crippen molar-refractivity contribution in [2.24, 2.45) is 0 Å². The van der Waals surface area contributed by atoms with Gasteiger partial charge in [0.1, 0.15) is 0 Å². The summed E-state index contributed by atoms with van der Waals surface area (Å²) in [5, 5.41) is 0.778. The number of carbonyl (C=O) groups excluding carboxylic acids is 1. The summed E-state index contributed by atoms with van der Waals surface area (Å²) in [6, 6.07) is 11.1. The van der Waals surface area contributed by atoms with E-state index in [-0.39, 0.29) is 27.4 Å². The van der Waals surface area contributed by atoms with Crippen LogP contribution in [0.3, 0.4) is 0 Å². The van der Waals surface area contributed by atoms with Crippen LogP contribution in [0.1, 0.15) is 29.8 Å². The van der Waals surface area contributed by atoms with Crippen molar-refractivity contribution < 1.29 is 13.2 Å². The fourth-order valence-corrected chi connectivity index (χ4v) is 4.26. The maximum absolute atomic E-state index is 12.8. The molecule has 2 rings (SSSR count). The van der Waals surface area contributed by atoms with Crippen LogP contribution in [0.25, 0.3) is 0 Å². The summed E-state index contributed by atoms with van der Waals surface area (Å²) in [4.78, 5) is 14.3. The van der Waals surface area contributed by atoms with E-state index in [1.165, 1.54) is 34.5 Å². The molecule has 2 aromatic carbocycles. The SMILES string of the molecule is CC(C)N(C)S(=O)(=O)c1ccc(Cl)c(C(=O)N(C)Cc2cccc(Cl)c2)c1. The van der Waals surface area contributed by atoms with Crippen LogP contribution in [0.5, 0.6) is 0 Å². The average molecular weight is 429 g/mol. The van der Waals surface area contributed by atoms with E-state index in [9.17, 15) is 13.2 Å². The monoisotopic (exact) mass is 428 g/mol. The van der Waals surface area contributed by atoms with E-state index in [2.05, 4.69) is 0 Å². The molecule has 2 aromatic rings. The highest BCUT2D eigenvalue weighted by molar-refractivity contribution is 7.89. The van der Waals surface area contributed by atoms with Gasteiger partial charge < -0.3 is 4.90 Å². The number of hydrogen-bond donors (Lipinski definition) is 0. The number of nitrogens with zero attached hydrogens (tertiary/aromatic N) is 2. The zero-order chi connectivity index (χ0) is 20.4. The Morgan fingerprint density at radius 2 is 1.74 bits per heavy atom. The predicted molar refractivity (Wildman–Crippen MR) is 109 cm³/mol. The average Bonchev–Trinajstić information content (AvgIpc) is 2.60. The van der Waals surface area contributed by atoms with E-state index < -0.39 is 10.0 Å². The fourth-order valence-electron chi connectivity index (χ4n) is 2.46. The fraction of sp³-hybridized carbons (Fsp3) is 0.316. The van der Waals surface area contributed by atoms with Gasteiger partial charge in [-0.15, -0.1) is 0 Å². The lowest BCUT2D eigenvalue weighted by Gasteiger charge is -2.22. The molecule has 0 saturated carbocycles. The Morgan fingerprint density at radius 3 is 2.33 bits per heavy atom. The molecule has 0 radical (unpaired) electrons. The van der Waals surface area contributed by atoms with Crippen molar-refractivity contribution in [3.05, 3.63) is 63.6 Å². The van der Waals surface area contributed by atoms with Crippen molar-refractivity contribution in [2.75, 3.05) is 14.1 Å². The first-order valence-corrected chi connectivity index (χ1v) is 10.5. The Hall–Kier alpha value is -1.60. The van der Waals surface area contributed by atoms with Gasteiger partial charge in [0.2, 0.25) is 10.0 Å². The van der Waals surface area contributed by atoms with E-state index in [0.717, 1.165) is 5.56 Å². The largest absolute Gasteiger partial charge is 0.337 e. The van der Waals surface area contributed by atoms with Gasteiger partial charge in [-0.3, -0.25) is 4.79 Å². The normalized spacial score (nSPS) is 11.9. The van der Waals surface area contributed by atoms with Crippen molar-refractivity contribution in [1.82, 2.24) is 9.21 Å². The second-order valence-electron chi connectivity index (χ2n) is 6.55. The molecule has 0 aromatic heterocycles. The number of rotatable bonds is 6. The van der Waals surface area contributed by atoms with Crippen LogP contribution >= 0.6 is 23.2 Å². The molecular weight excluding hydrogens is 407 g/mol. The van der Waals surface area contributed by atoms with Gasteiger partial charge in [-0.25, -0.2) is 8.42 Å². The van der Waals surface area contributed by atoms with Crippen LogP contribution in [-0.2, 0) is 16.6 Å². The molecule has 5 nitrogen and oxygen atoms in total. The van der Waals surface area contributed by atoms with Crippen molar-refractivity contribution in [1.29, 1.82) is 0 Å². The number of benzene rings is 2. The van der Waals surface area contributed by atoms with Gasteiger partial charge in [-0.05, 0) is 49.7 Å². The van der Waals surface area contributed by atoms with E-state index >= 15 is 0 Å². The van der Waals surface area contributed by atoms with Crippen LogP contribution < -0.4 is 0 Å². The topological polar surface area (TPSA) is 57.7 Å². The summed E-state index contributed by atoms with van der Waals surface area (Å²) in [5.74, 6) is -0.371. The molecule has 1 amide bonds. The molecule has 0 aliphatic rings. The highest BCUT2D eigenvalue weighted by Gasteiger charge is 2.25. The molecule has 0 atom stereocenters. The summed E-state index contributed by atoms with van der Waals surface area (Å²) in [6.45, 7) is 3.87. The van der Waals surface area contributed by atoms with Gasteiger partial charge in [0.25, 0.3) is 5.91 Å². The molecule has 27 heavy (non-hydrogen) atoms. The lowest BCUT2D eigenvalue weighted by Crippen LogP contribution is -2.33. The van der Waals surface area contributed by atoms with E-state index in [4.69, 9.17) is 23.2 Å². The quantitative estimate of drug-likeness (QED) is 0.688. The van der Waals surface area contributed by atoms with Crippen LogP contribution in [0.2, 0.25) is 10.0 Å². The zero-order valence-electron chi connectivity index (χ0n) is 15.6. The van der Waals surface area contributed by atoms with Crippen molar-refractivity contribution in [3.8, 4) is 0 Å². The third-order valence-corrected chi connectivity index (χ3v) is 6.82. The Balaban J connectivity index is 2.33. The number of sulfonamides is 1. The summed E-state index contributed by atoms with van der Waals surface area (Å²) in [6.07, 6.45) is 0. The minimum Gasteiger partial charge on any atom is -0.337 e. The number of halogens is 2. The van der Waals surface area contributed by atoms with E-state index in [1.54, 1.807) is 39.1 Å². The minimum atomic E-state index is -3.71. The highest BCUT2D eigenvalue weighted by atomic mass is 35.5. The second-order valence-corrected chi connectivity index (χ2v) is 9.39. The molecule has 146 valence electrons. The molecule has 0 unspecified atom stereocenters. The molecule has 0 N–H and O–H groups in total. The lowest BCUT2D eigenvalue weighted by atomic mass is 10.1. The standard InChI is InChI=1S/C19H22Cl2N2O3S/c1-13(2)23(4)27(25,26)16-8-9-18(21)17(11-16)19(24)22(3)12-14-6-5-7-15(20)10-14/h5-11,13H,12H2,1-4H3. The lowest BCUT2D eigenvalue weighted by molar-refractivity contribution is 0.0785. The Labute approximate surface area is 170 Å². The van der Waals surface area contributed by atoms with Crippen molar-refractivity contribution >= 4 is 39.1 Å². The zero-order valence-corrected chi connectivity index (χ0v) is 17.9. The van der Waals surface area contributed by atoms with E-state index in [0.29, 0.717) is 11.6 Å². The van der Waals surface area contributed by atoms with Crippen LogP contribution in [0, 0.1) is 0 Å². The molecular formula is C19H22Cl2N2O3S. The van der Waals surface area contributed by atoms with Crippen LogP contribution in [0.4, 0.5) is 0 Å². The Bertz CT molecular complexity index is 946. The molecule has 0 aliphatic heterocycles. The Morgan fingerprint density at radius 1 is 1.07 bits per heavy atom. The number of amides is 1. The third-order valence-electron chi connectivity index (χ3n) is 4.23. The van der Waals surface area contributed by atoms with Gasteiger partial charge in [0, 0.05) is 31.7 Å². The van der Waals surface area contributed by atoms with Gasteiger partial charge in [0.15, 0.2) is 0 Å². The number of carbonyl (C=O) groups is 1. The third kappa shape index (κ3) is 5.02. The molecule has 0 spiro atoms. The van der Waals surface area contributed by atoms with Gasteiger partial charge in [-0.1, -0.05) is 35.3 Å². The number of hydrogen-bond acceptors (Lipinski definition) is 3. The first kappa shape index (κ1) is 21.7. The van der Waals surface area contributed by atoms with Gasteiger partial charge >= 0.3 is 0 Å². The smallest absolute Gasteiger partial charge is 0.255 e. The molecule has 0 fully saturated rings. The van der Waals surface area contributed by atoms with Gasteiger partial charge in [-0.2, -0.15) is 4.31 Å². The summed E-state index contributed by atoms with van der Waals surface area (Å²) in [7, 11) is -0.587. The summed E-state index contributed by atoms with van der Waals surface area (Å²) in [5.41, 5.74) is 0.997. The first-order chi connectivity index (χ1) is 12.5. The maximum atomic E-state index is 12.8. The van der Waals surface area contributed by atoms with Crippen molar-refractivity contribution in [3.63, 3.8) is 0 Å². The van der Waals surface area contributed by atoms with Crippen LogP contribution in [0.15, 0.2) is 47.4 Å². The van der Waals surface area contributed by atoms with Crippen LogP contribution in [-0.4, -0.2) is 43.7 Å². The first-order valence-electron chi connectivity index (χ1n) is 8.31. The molecule has 0 aliphatic carbocycles.